The maximum Gasteiger partial charge on any atom is 0.695 e. The quantitative estimate of drug-likeness (QED) is 0.198. The monoisotopic (exact) mass is 446 g/mol. The van der Waals surface area contributed by atoms with Gasteiger partial charge < -0.3 is 10.0 Å². The predicted octanol–water partition coefficient (Wildman–Crippen LogP) is 5.58. The molecule has 1 aliphatic rings. The molecular formula is C22H41NO6P+. The smallest absolute Gasteiger partial charge is 0.481 e. The molecular weight excluding hydrogens is 405 g/mol. The Bertz CT molecular complexity index is 502. The number of hydrogen-bond acceptors (Lipinski definition) is 4. The van der Waals surface area contributed by atoms with Crippen molar-refractivity contribution in [3.05, 3.63) is 0 Å². The average Bonchev–Trinajstić information content (AvgIpc) is 3.15. The minimum Gasteiger partial charge on any atom is -0.481 e. The fraction of sp³-hybridized carbons (Fsp3) is 0.909. The van der Waals surface area contributed by atoms with Gasteiger partial charge in [-0.15, -0.1) is 9.42 Å². The van der Waals surface area contributed by atoms with Crippen LogP contribution in [0.3, 0.4) is 0 Å². The van der Waals surface area contributed by atoms with Gasteiger partial charge in [-0.25, -0.2) is 0 Å². The molecule has 174 valence electrons. The summed E-state index contributed by atoms with van der Waals surface area (Å²) in [7, 11) is -2.59. The Balaban J connectivity index is 1.80. The van der Waals surface area contributed by atoms with E-state index in [0.29, 0.717) is 32.4 Å². The lowest BCUT2D eigenvalue weighted by molar-refractivity contribution is -0.137. The summed E-state index contributed by atoms with van der Waals surface area (Å²) in [6.45, 7) is 1.06. The number of rotatable bonds is 19. The van der Waals surface area contributed by atoms with Crippen LogP contribution in [-0.2, 0) is 18.7 Å². The van der Waals surface area contributed by atoms with E-state index in [2.05, 4.69) is 0 Å². The van der Waals surface area contributed by atoms with E-state index < -0.39 is 14.2 Å². The van der Waals surface area contributed by atoms with Crippen molar-refractivity contribution >= 4 is 20.1 Å². The number of carbonyl (C=O) groups is 2. The zero-order valence-electron chi connectivity index (χ0n) is 18.4. The Morgan fingerprint density at radius 3 is 1.67 bits per heavy atom. The van der Waals surface area contributed by atoms with Gasteiger partial charge in [-0.3, -0.25) is 9.59 Å². The lowest BCUT2D eigenvalue weighted by Crippen LogP contribution is -2.29. The summed E-state index contributed by atoms with van der Waals surface area (Å²) in [4.78, 5) is 33.1. The molecule has 0 aromatic carbocycles. The summed E-state index contributed by atoms with van der Waals surface area (Å²) in [5.74, 6) is -0.550. The van der Waals surface area contributed by atoms with Crippen LogP contribution in [0.1, 0.15) is 109 Å². The summed E-state index contributed by atoms with van der Waals surface area (Å²) in [6, 6.07) is 0. The number of nitrogens with zero attached hydrogens (tertiary/aromatic N) is 1. The minimum atomic E-state index is -2.59. The molecule has 30 heavy (non-hydrogen) atoms. The molecule has 1 fully saturated rings. The second kappa shape index (κ2) is 17.6. The van der Waals surface area contributed by atoms with Crippen LogP contribution in [0.2, 0.25) is 0 Å². The highest BCUT2D eigenvalue weighted by molar-refractivity contribution is 7.32. The maximum atomic E-state index is 12.1. The molecule has 1 amide bonds. The molecule has 2 N–H and O–H groups in total. The number of unbranched alkanes of at least 4 members (excludes halogenated alkanes) is 13. The van der Waals surface area contributed by atoms with E-state index in [9.17, 15) is 14.2 Å². The second-order valence-corrected chi connectivity index (χ2v) is 9.12. The summed E-state index contributed by atoms with van der Waals surface area (Å²) < 4.78 is 15.6. The molecule has 2 atom stereocenters. The molecule has 0 aromatic heterocycles. The van der Waals surface area contributed by atoms with Gasteiger partial charge in [-0.1, -0.05) is 77.0 Å². The summed E-state index contributed by atoms with van der Waals surface area (Å²) in [5, 5.41) is 8.58. The number of carbonyl (C=O) groups excluding carboxylic acids is 1. The number of carboxylic acid groups (broad SMARTS) is 1. The third-order valence-corrected chi connectivity index (χ3v) is 6.25. The molecule has 1 saturated heterocycles. The van der Waals surface area contributed by atoms with Crippen molar-refractivity contribution in [1.82, 2.24) is 4.90 Å². The van der Waals surface area contributed by atoms with Crippen LogP contribution in [0.25, 0.3) is 0 Å². The van der Waals surface area contributed by atoms with Crippen molar-refractivity contribution in [1.29, 1.82) is 0 Å². The molecule has 0 aliphatic carbocycles. The van der Waals surface area contributed by atoms with Gasteiger partial charge in [0, 0.05) is 24.0 Å². The van der Waals surface area contributed by atoms with Crippen LogP contribution in [0.4, 0.5) is 0 Å². The van der Waals surface area contributed by atoms with E-state index in [4.69, 9.17) is 14.5 Å². The van der Waals surface area contributed by atoms with Gasteiger partial charge in [-0.05, 0) is 19.3 Å². The molecule has 8 heteroatoms. The molecule has 0 saturated carbocycles. The van der Waals surface area contributed by atoms with Crippen LogP contribution in [-0.4, -0.2) is 46.0 Å². The molecule has 1 heterocycles. The van der Waals surface area contributed by atoms with E-state index in [1.165, 1.54) is 57.8 Å². The molecule has 7 nitrogen and oxygen atoms in total. The topological polar surface area (TPSA) is 104 Å². The van der Waals surface area contributed by atoms with E-state index in [1.54, 1.807) is 4.90 Å². The van der Waals surface area contributed by atoms with Crippen LogP contribution in [0, 0.1) is 0 Å². The summed E-state index contributed by atoms with van der Waals surface area (Å²) in [6.07, 6.45) is 17.6. The lowest BCUT2D eigenvalue weighted by atomic mass is 10.0. The third-order valence-electron chi connectivity index (χ3n) is 5.77. The van der Waals surface area contributed by atoms with Gasteiger partial charge in [0.25, 0.3) is 0 Å². The van der Waals surface area contributed by atoms with Crippen LogP contribution in [0.5, 0.6) is 0 Å². The predicted molar refractivity (Wildman–Crippen MR) is 117 cm³/mol. The fourth-order valence-electron chi connectivity index (χ4n) is 4.00. The standard InChI is InChI=1S/C22H40NO6P/c24-21(23-18-17-20(19-23)29-30(27)28)15-13-11-9-7-5-3-1-2-4-6-8-10-12-14-16-22(25)26/h20H,1-19H2,(H-,25,26,27,28)/p+1/t20-/m0/s1. The van der Waals surface area contributed by atoms with Gasteiger partial charge in [-0.2, -0.15) is 0 Å². The second-order valence-electron chi connectivity index (χ2n) is 8.44. The number of likely N-dealkylation sites (tertiary alicyclic amines) is 1. The SMILES string of the molecule is O=C(O)CCCCCCCCCCCCCCCCC(=O)N1CC[C@H](O[P+](=O)O)C1. The largest absolute Gasteiger partial charge is 0.695 e. The Kier molecular flexibility index (Phi) is 15.9. The maximum absolute atomic E-state index is 12.1. The van der Waals surface area contributed by atoms with Gasteiger partial charge in [0.2, 0.25) is 5.91 Å². The van der Waals surface area contributed by atoms with Gasteiger partial charge in [0.05, 0.1) is 6.54 Å². The summed E-state index contributed by atoms with van der Waals surface area (Å²) in [5.41, 5.74) is 0. The average molecular weight is 447 g/mol. The molecule has 1 aliphatic heterocycles. The highest BCUT2D eigenvalue weighted by atomic mass is 31.1. The van der Waals surface area contributed by atoms with Crippen LogP contribution < -0.4 is 0 Å². The van der Waals surface area contributed by atoms with Crippen LogP contribution >= 0.6 is 8.25 Å². The Labute approximate surface area is 182 Å². The molecule has 0 spiro atoms. The number of amides is 1. The Morgan fingerprint density at radius 2 is 1.23 bits per heavy atom. The van der Waals surface area contributed by atoms with Crippen molar-refractivity contribution in [2.24, 2.45) is 0 Å². The van der Waals surface area contributed by atoms with E-state index in [1.807, 2.05) is 0 Å². The van der Waals surface area contributed by atoms with Gasteiger partial charge >= 0.3 is 14.2 Å². The molecule has 0 bridgehead atoms. The van der Waals surface area contributed by atoms with Gasteiger partial charge in [0.15, 0.2) is 0 Å². The first kappa shape index (κ1) is 27.0. The van der Waals surface area contributed by atoms with E-state index in [0.717, 1.165) is 32.1 Å². The minimum absolute atomic E-state index is 0.135. The first-order valence-electron chi connectivity index (χ1n) is 11.8. The molecule has 1 rings (SSSR count). The Morgan fingerprint density at radius 1 is 0.800 bits per heavy atom. The first-order chi connectivity index (χ1) is 14.5. The van der Waals surface area contributed by atoms with E-state index in [-0.39, 0.29) is 12.0 Å². The van der Waals surface area contributed by atoms with Crippen molar-refractivity contribution < 1.29 is 28.7 Å². The summed E-state index contributed by atoms with van der Waals surface area (Å²) >= 11 is 0. The fourth-order valence-corrected chi connectivity index (χ4v) is 4.43. The highest BCUT2D eigenvalue weighted by Gasteiger charge is 2.32. The number of aliphatic carboxylic acids is 1. The van der Waals surface area contributed by atoms with Crippen molar-refractivity contribution in [2.45, 2.75) is 115 Å². The Hall–Kier alpha value is -1.04. The molecule has 0 radical (unpaired) electrons. The van der Waals surface area contributed by atoms with Crippen molar-refractivity contribution in [2.75, 3.05) is 13.1 Å². The zero-order chi connectivity index (χ0) is 22.0. The third kappa shape index (κ3) is 14.9. The van der Waals surface area contributed by atoms with E-state index >= 15 is 0 Å². The zero-order valence-corrected chi connectivity index (χ0v) is 19.3. The highest BCUT2D eigenvalue weighted by Crippen LogP contribution is 2.24. The normalized spacial score (nSPS) is 16.8. The van der Waals surface area contributed by atoms with Crippen molar-refractivity contribution in [3.63, 3.8) is 0 Å². The lowest BCUT2D eigenvalue weighted by Gasteiger charge is -2.15. The first-order valence-corrected chi connectivity index (χ1v) is 12.9. The van der Waals surface area contributed by atoms with Crippen LogP contribution in [0.15, 0.2) is 0 Å². The molecule has 1 unspecified atom stereocenters. The molecule has 0 aromatic rings. The number of carboxylic acids is 1. The number of hydrogen-bond donors (Lipinski definition) is 2. The van der Waals surface area contributed by atoms with Crippen molar-refractivity contribution in [3.8, 4) is 0 Å². The van der Waals surface area contributed by atoms with Gasteiger partial charge in [0.1, 0.15) is 6.10 Å².